The molecule has 0 saturated carbocycles. The normalized spacial score (nSPS) is 10.5. The number of carbonyl (C=O) groups is 1. The van der Waals surface area contributed by atoms with E-state index in [9.17, 15) is 4.79 Å². The number of carboxylic acids is 1. The monoisotopic (exact) mass is 258 g/mol. The van der Waals surface area contributed by atoms with Crippen molar-refractivity contribution in [3.63, 3.8) is 0 Å². The molecule has 0 bridgehead atoms. The third-order valence-electron chi connectivity index (χ3n) is 2.35. The SMILES string of the molecule is CCN(CCOC)c1nc(CCC(=O)O)cs1. The summed E-state index contributed by atoms with van der Waals surface area (Å²) < 4.78 is 5.04. The Morgan fingerprint density at radius 2 is 2.41 bits per heavy atom. The third-order valence-corrected chi connectivity index (χ3v) is 3.30. The van der Waals surface area contributed by atoms with Crippen molar-refractivity contribution in [2.45, 2.75) is 19.8 Å². The zero-order valence-electron chi connectivity index (χ0n) is 10.2. The second-order valence-corrected chi connectivity index (χ2v) is 4.42. The number of ether oxygens (including phenoxy) is 1. The number of likely N-dealkylation sites (N-methyl/N-ethyl adjacent to an activating group) is 1. The molecule has 17 heavy (non-hydrogen) atoms. The average Bonchev–Trinajstić information content (AvgIpc) is 2.76. The fourth-order valence-corrected chi connectivity index (χ4v) is 2.33. The van der Waals surface area contributed by atoms with Crippen LogP contribution in [0.2, 0.25) is 0 Å². The van der Waals surface area contributed by atoms with E-state index in [1.165, 1.54) is 0 Å². The lowest BCUT2D eigenvalue weighted by Gasteiger charge is -2.18. The predicted octanol–water partition coefficient (Wildman–Crippen LogP) is 1.63. The summed E-state index contributed by atoms with van der Waals surface area (Å²) >= 11 is 1.55. The molecule has 0 spiro atoms. The molecule has 0 radical (unpaired) electrons. The summed E-state index contributed by atoms with van der Waals surface area (Å²) in [5.74, 6) is -0.786. The standard InChI is InChI=1S/C11H18N2O3S/c1-3-13(6-7-16-2)11-12-9(8-17-11)4-5-10(14)15/h8H,3-7H2,1-2H3,(H,14,15). The summed E-state index contributed by atoms with van der Waals surface area (Å²) in [6.07, 6.45) is 0.626. The van der Waals surface area contributed by atoms with Crippen LogP contribution in [0.4, 0.5) is 5.13 Å². The minimum atomic E-state index is -0.786. The fourth-order valence-electron chi connectivity index (χ4n) is 1.38. The summed E-state index contributed by atoms with van der Waals surface area (Å²) in [5, 5.41) is 11.5. The molecule has 0 amide bonds. The lowest BCUT2D eigenvalue weighted by atomic mass is 10.2. The van der Waals surface area contributed by atoms with Crippen molar-refractivity contribution in [3.05, 3.63) is 11.1 Å². The molecular weight excluding hydrogens is 240 g/mol. The Balaban J connectivity index is 2.55. The van der Waals surface area contributed by atoms with Crippen LogP contribution in [-0.4, -0.2) is 42.9 Å². The number of hydrogen-bond acceptors (Lipinski definition) is 5. The number of anilines is 1. The van der Waals surface area contributed by atoms with E-state index >= 15 is 0 Å². The van der Waals surface area contributed by atoms with Crippen LogP contribution in [0.5, 0.6) is 0 Å². The summed E-state index contributed by atoms with van der Waals surface area (Å²) in [6, 6.07) is 0. The number of aromatic nitrogens is 1. The molecule has 0 aromatic carbocycles. The number of nitrogens with zero attached hydrogens (tertiary/aromatic N) is 2. The Bertz CT molecular complexity index is 354. The van der Waals surface area contributed by atoms with Gasteiger partial charge in [-0.3, -0.25) is 4.79 Å². The zero-order valence-corrected chi connectivity index (χ0v) is 11.0. The van der Waals surface area contributed by atoms with E-state index in [-0.39, 0.29) is 6.42 Å². The van der Waals surface area contributed by atoms with Gasteiger partial charge in [-0.15, -0.1) is 11.3 Å². The van der Waals surface area contributed by atoms with Gasteiger partial charge in [0, 0.05) is 32.0 Å². The van der Waals surface area contributed by atoms with Crippen molar-refractivity contribution in [2.24, 2.45) is 0 Å². The molecule has 1 heterocycles. The summed E-state index contributed by atoms with van der Waals surface area (Å²) in [4.78, 5) is 17.0. The first-order valence-electron chi connectivity index (χ1n) is 5.57. The van der Waals surface area contributed by atoms with Gasteiger partial charge in [-0.2, -0.15) is 0 Å². The predicted molar refractivity (Wildman–Crippen MR) is 67.8 cm³/mol. The number of aryl methyl sites for hydroxylation is 1. The first-order chi connectivity index (χ1) is 8.17. The molecule has 0 unspecified atom stereocenters. The fraction of sp³-hybridized carbons (Fsp3) is 0.636. The van der Waals surface area contributed by atoms with Crippen LogP contribution < -0.4 is 4.90 Å². The van der Waals surface area contributed by atoms with Gasteiger partial charge < -0.3 is 14.7 Å². The highest BCUT2D eigenvalue weighted by Gasteiger charge is 2.10. The third kappa shape index (κ3) is 4.70. The average molecular weight is 258 g/mol. The van der Waals surface area contributed by atoms with Crippen LogP contribution in [-0.2, 0) is 16.0 Å². The van der Waals surface area contributed by atoms with Gasteiger partial charge in [0.1, 0.15) is 0 Å². The van der Waals surface area contributed by atoms with Gasteiger partial charge in [0.25, 0.3) is 0 Å². The van der Waals surface area contributed by atoms with Crippen LogP contribution >= 0.6 is 11.3 Å². The maximum Gasteiger partial charge on any atom is 0.303 e. The van der Waals surface area contributed by atoms with E-state index in [0.29, 0.717) is 13.0 Å². The van der Waals surface area contributed by atoms with Gasteiger partial charge in [0.15, 0.2) is 5.13 Å². The minimum absolute atomic E-state index is 0.132. The topological polar surface area (TPSA) is 62.7 Å². The smallest absolute Gasteiger partial charge is 0.303 e. The van der Waals surface area contributed by atoms with E-state index < -0.39 is 5.97 Å². The summed E-state index contributed by atoms with van der Waals surface area (Å²) in [7, 11) is 1.67. The Kier molecular flexibility index (Phi) is 5.93. The summed E-state index contributed by atoms with van der Waals surface area (Å²) in [6.45, 7) is 4.40. The zero-order chi connectivity index (χ0) is 12.7. The van der Waals surface area contributed by atoms with E-state index in [0.717, 1.165) is 23.9 Å². The largest absolute Gasteiger partial charge is 0.481 e. The Hall–Kier alpha value is -1.14. The number of aliphatic carboxylic acids is 1. The number of hydrogen-bond donors (Lipinski definition) is 1. The van der Waals surface area contributed by atoms with Crippen molar-refractivity contribution in [2.75, 3.05) is 31.7 Å². The molecule has 1 aromatic rings. The van der Waals surface area contributed by atoms with E-state index in [1.807, 2.05) is 5.38 Å². The van der Waals surface area contributed by atoms with Gasteiger partial charge >= 0.3 is 5.97 Å². The quantitative estimate of drug-likeness (QED) is 0.768. The molecule has 6 heteroatoms. The molecule has 0 aliphatic carbocycles. The number of rotatable bonds is 8. The Morgan fingerprint density at radius 1 is 1.65 bits per heavy atom. The van der Waals surface area contributed by atoms with Crippen LogP contribution in [0.1, 0.15) is 19.0 Å². The van der Waals surface area contributed by atoms with Gasteiger partial charge in [0.05, 0.1) is 18.7 Å². The number of methoxy groups -OCH3 is 1. The maximum absolute atomic E-state index is 10.5. The van der Waals surface area contributed by atoms with Crippen LogP contribution in [0.3, 0.4) is 0 Å². The molecule has 0 aliphatic rings. The molecule has 0 aliphatic heterocycles. The van der Waals surface area contributed by atoms with E-state index in [4.69, 9.17) is 9.84 Å². The van der Waals surface area contributed by atoms with E-state index in [1.54, 1.807) is 18.4 Å². The second kappa shape index (κ2) is 7.24. The maximum atomic E-state index is 10.5. The van der Waals surface area contributed by atoms with Crippen molar-refractivity contribution in [3.8, 4) is 0 Å². The molecule has 1 aromatic heterocycles. The van der Waals surface area contributed by atoms with Crippen LogP contribution in [0, 0.1) is 0 Å². The van der Waals surface area contributed by atoms with Crippen molar-refractivity contribution in [1.29, 1.82) is 0 Å². The lowest BCUT2D eigenvalue weighted by Crippen LogP contribution is -2.26. The highest BCUT2D eigenvalue weighted by atomic mass is 32.1. The summed E-state index contributed by atoms with van der Waals surface area (Å²) in [5.41, 5.74) is 0.850. The van der Waals surface area contributed by atoms with Gasteiger partial charge in [-0.25, -0.2) is 4.98 Å². The Labute approximate surface area is 105 Å². The van der Waals surface area contributed by atoms with Crippen molar-refractivity contribution < 1.29 is 14.6 Å². The first-order valence-corrected chi connectivity index (χ1v) is 6.45. The first kappa shape index (κ1) is 13.9. The highest BCUT2D eigenvalue weighted by Crippen LogP contribution is 2.20. The minimum Gasteiger partial charge on any atom is -0.481 e. The van der Waals surface area contributed by atoms with E-state index in [2.05, 4.69) is 16.8 Å². The molecule has 5 nitrogen and oxygen atoms in total. The van der Waals surface area contributed by atoms with Crippen LogP contribution in [0.25, 0.3) is 0 Å². The highest BCUT2D eigenvalue weighted by molar-refractivity contribution is 7.13. The number of carboxylic acid groups (broad SMARTS) is 1. The van der Waals surface area contributed by atoms with Crippen molar-refractivity contribution >= 4 is 22.4 Å². The van der Waals surface area contributed by atoms with Gasteiger partial charge in [0.2, 0.25) is 0 Å². The number of thiazole rings is 1. The van der Waals surface area contributed by atoms with Gasteiger partial charge in [-0.05, 0) is 6.92 Å². The molecular formula is C11H18N2O3S. The van der Waals surface area contributed by atoms with Gasteiger partial charge in [-0.1, -0.05) is 0 Å². The second-order valence-electron chi connectivity index (χ2n) is 3.59. The molecule has 0 saturated heterocycles. The molecule has 0 fully saturated rings. The molecule has 96 valence electrons. The van der Waals surface area contributed by atoms with Crippen molar-refractivity contribution in [1.82, 2.24) is 4.98 Å². The molecule has 1 N–H and O–H groups in total. The Morgan fingerprint density at radius 3 is 3.00 bits per heavy atom. The molecule has 1 rings (SSSR count). The molecule has 0 atom stereocenters. The van der Waals surface area contributed by atoms with Crippen LogP contribution in [0.15, 0.2) is 5.38 Å². The lowest BCUT2D eigenvalue weighted by molar-refractivity contribution is -0.136.